The normalized spacial score (nSPS) is 11.9. The summed E-state index contributed by atoms with van der Waals surface area (Å²) >= 11 is 0. The second-order valence-electron chi connectivity index (χ2n) is 31.5. The van der Waals surface area contributed by atoms with Crippen molar-refractivity contribution in [3.05, 3.63) is 400 Å². The maximum Gasteiger partial charge on any atom is 0.164 e. The number of rotatable bonds is 9. The van der Waals surface area contributed by atoms with Crippen molar-refractivity contribution >= 4 is 163 Å². The van der Waals surface area contributed by atoms with Gasteiger partial charge in [-0.25, -0.2) is 29.9 Å². The van der Waals surface area contributed by atoms with Gasteiger partial charge in [-0.2, -0.15) is 0 Å². The Morgan fingerprint density at radius 2 is 0.541 bits per heavy atom. The van der Waals surface area contributed by atoms with Gasteiger partial charge >= 0.3 is 0 Å². The molecule has 0 fully saturated rings. The maximum absolute atomic E-state index is 7.00. The molecule has 6 heterocycles. The van der Waals surface area contributed by atoms with Crippen LogP contribution in [0.5, 0.6) is 0 Å². The molecule has 10 nitrogen and oxygen atoms in total. The number of nitrogens with zero attached hydrogens (tertiary/aromatic N) is 8. The SMILES string of the molecule is c1ccc(-c2cccc(-c3nc(-c4cccc5ccccc45)nc(-c4ccc(-n5c6cc7ccccc7cc6c6cc7ccccc7cc65)c5oc6ccccc6c45)n3)c2)cc1.c1ccc(-c2nc(-c3ccc4c(ccc5ccccc54)c3)nc(-c3ccc(-n4c5cc6ccccc6cc5c5c6ccccc6ccc54)c4oc5ccccc5c34)n2)cc1. The van der Waals surface area contributed by atoms with E-state index in [1.54, 1.807) is 0 Å². The van der Waals surface area contributed by atoms with Crippen molar-refractivity contribution in [1.29, 1.82) is 0 Å². The van der Waals surface area contributed by atoms with Crippen LogP contribution in [0.25, 0.3) is 254 Å². The van der Waals surface area contributed by atoms with Gasteiger partial charge in [0.2, 0.25) is 0 Å². The van der Waals surface area contributed by atoms with E-state index < -0.39 is 0 Å². The minimum Gasteiger partial charge on any atom is -0.454 e. The Kier molecular flexibility index (Phi) is 15.5. The van der Waals surface area contributed by atoms with Gasteiger partial charge in [-0.15, -0.1) is 0 Å². The molecule has 0 amide bonds. The third-order valence-corrected chi connectivity index (χ3v) is 24.6. The molecule has 0 unspecified atom stereocenters. The van der Waals surface area contributed by atoms with Crippen LogP contribution in [0.4, 0.5) is 0 Å². The minimum atomic E-state index is 0.574. The summed E-state index contributed by atoms with van der Waals surface area (Å²) in [6, 6.07) is 141. The van der Waals surface area contributed by atoms with E-state index in [2.05, 4.69) is 361 Å². The summed E-state index contributed by atoms with van der Waals surface area (Å²) in [6.07, 6.45) is 0. The van der Waals surface area contributed by atoms with E-state index >= 15 is 0 Å². The van der Waals surface area contributed by atoms with Gasteiger partial charge in [-0.05, 0) is 178 Å². The Hall–Kier alpha value is -16.6. The van der Waals surface area contributed by atoms with Gasteiger partial charge in [0.25, 0.3) is 0 Å². The largest absolute Gasteiger partial charge is 0.454 e. The van der Waals surface area contributed by atoms with Gasteiger partial charge in [0.15, 0.2) is 46.1 Å². The van der Waals surface area contributed by atoms with E-state index in [-0.39, 0.29) is 0 Å². The fraction of sp³-hybridized carbons (Fsp3) is 0. The van der Waals surface area contributed by atoms with Crippen molar-refractivity contribution < 1.29 is 8.83 Å². The lowest BCUT2D eigenvalue weighted by Gasteiger charge is -2.14. The Bertz CT molecular complexity index is 8770. The number of para-hydroxylation sites is 2. The predicted octanol–water partition coefficient (Wildman–Crippen LogP) is 29.5. The Labute approximate surface area is 697 Å². The zero-order valence-electron chi connectivity index (χ0n) is 65.5. The van der Waals surface area contributed by atoms with E-state index in [0.717, 1.165) is 138 Å². The van der Waals surface area contributed by atoms with Gasteiger partial charge in [-0.1, -0.05) is 309 Å². The van der Waals surface area contributed by atoms with Gasteiger partial charge < -0.3 is 18.0 Å². The molecule has 566 valence electrons. The third kappa shape index (κ3) is 11.1. The standard InChI is InChI=1S/C57H34N4O.C55H32N4O/c1-2-14-35(15-3-1)37-22-12-23-42(30-37)55-58-56(44-26-13-21-36-16-8-9-24-43(36)44)60-57(59-55)46-28-29-49(54-53(46)45-25-10-11-27-52(45)62-54)61-50-33-40-19-6-4-17-38(40)31-47(50)48-32-39-18-5-7-20-41(39)34-51(48)61;1-2-14-35(15-3-1)53-56-54(39-24-26-41-38(30-39)23-22-33-12-6-8-18-40(33)41)58-55(57-53)44-27-29-47(52-51(44)43-20-10-11-21-49(43)60-52)59-46-28-25-34-13-7-9-19-42(34)50(46)45-31-36-16-4-5-17-37(36)32-48(45)59/h1-34H;1-32H. The first-order valence-corrected chi connectivity index (χ1v) is 41.2. The van der Waals surface area contributed by atoms with Crippen molar-refractivity contribution in [2.75, 3.05) is 0 Å². The second kappa shape index (κ2) is 27.5. The van der Waals surface area contributed by atoms with Crippen LogP contribution in [0.15, 0.2) is 409 Å². The summed E-state index contributed by atoms with van der Waals surface area (Å²) in [5.41, 5.74) is 17.2. The van der Waals surface area contributed by atoms with E-state index in [1.807, 2.05) is 48.5 Å². The summed E-state index contributed by atoms with van der Waals surface area (Å²) in [5, 5.41) is 25.3. The monoisotopic (exact) mass is 1550 g/mol. The van der Waals surface area contributed by atoms with E-state index in [9.17, 15) is 0 Å². The van der Waals surface area contributed by atoms with Crippen LogP contribution < -0.4 is 0 Å². The molecular weight excluding hydrogens is 1490 g/mol. The fourth-order valence-electron chi connectivity index (χ4n) is 18.9. The highest BCUT2D eigenvalue weighted by atomic mass is 16.3. The van der Waals surface area contributed by atoms with Crippen LogP contribution in [-0.4, -0.2) is 39.0 Å². The molecule has 0 spiro atoms. The van der Waals surface area contributed by atoms with Crippen LogP contribution in [0.1, 0.15) is 0 Å². The van der Waals surface area contributed by atoms with Crippen LogP contribution in [-0.2, 0) is 0 Å². The number of furan rings is 2. The quantitative estimate of drug-likeness (QED) is 0.131. The highest BCUT2D eigenvalue weighted by Gasteiger charge is 2.28. The summed E-state index contributed by atoms with van der Waals surface area (Å²) in [6.45, 7) is 0. The molecule has 10 heteroatoms. The first kappa shape index (κ1) is 68.6. The molecule has 0 bridgehead atoms. The molecule has 6 aromatic heterocycles. The van der Waals surface area contributed by atoms with Crippen LogP contribution in [0, 0.1) is 0 Å². The van der Waals surface area contributed by atoms with Crippen LogP contribution in [0.2, 0.25) is 0 Å². The van der Waals surface area contributed by atoms with Gasteiger partial charge in [0, 0.05) is 76.5 Å². The molecule has 0 aliphatic rings. The number of aromatic nitrogens is 8. The minimum absolute atomic E-state index is 0.574. The molecule has 0 aliphatic heterocycles. The first-order chi connectivity index (χ1) is 60.4. The molecular formula is C112H66N8O2. The summed E-state index contributed by atoms with van der Waals surface area (Å²) in [4.78, 5) is 31.6. The lowest BCUT2D eigenvalue weighted by molar-refractivity contribution is 0.666. The lowest BCUT2D eigenvalue weighted by Crippen LogP contribution is -2.02. The fourth-order valence-corrected chi connectivity index (χ4v) is 18.9. The van der Waals surface area contributed by atoms with Crippen molar-refractivity contribution in [2.24, 2.45) is 0 Å². The number of hydrogen-bond acceptors (Lipinski definition) is 8. The molecule has 0 saturated heterocycles. The molecule has 0 atom stereocenters. The maximum atomic E-state index is 7.00. The van der Waals surface area contributed by atoms with Crippen molar-refractivity contribution in [2.45, 2.75) is 0 Å². The summed E-state index contributed by atoms with van der Waals surface area (Å²) in [7, 11) is 0. The Balaban J connectivity index is 0.000000134. The van der Waals surface area contributed by atoms with Crippen LogP contribution in [0.3, 0.4) is 0 Å². The third-order valence-electron chi connectivity index (χ3n) is 24.6. The summed E-state index contributed by atoms with van der Waals surface area (Å²) < 4.78 is 18.7. The molecule has 0 N–H and O–H groups in total. The predicted molar refractivity (Wildman–Crippen MR) is 503 cm³/mol. The number of hydrogen-bond donors (Lipinski definition) is 0. The molecule has 20 aromatic carbocycles. The number of benzene rings is 20. The molecule has 0 aliphatic carbocycles. The number of fused-ring (bicyclic) bond motifs is 21. The van der Waals surface area contributed by atoms with Gasteiger partial charge in [0.1, 0.15) is 11.2 Å². The van der Waals surface area contributed by atoms with E-state index in [1.165, 1.54) is 80.8 Å². The van der Waals surface area contributed by atoms with Gasteiger partial charge in [0.05, 0.1) is 33.4 Å². The Morgan fingerprint density at radius 1 is 0.172 bits per heavy atom. The second-order valence-corrected chi connectivity index (χ2v) is 31.5. The van der Waals surface area contributed by atoms with Crippen molar-refractivity contribution in [3.63, 3.8) is 0 Å². The highest BCUT2D eigenvalue weighted by Crippen LogP contribution is 2.48. The molecule has 0 radical (unpaired) electrons. The molecule has 0 saturated carbocycles. The van der Waals surface area contributed by atoms with Crippen molar-refractivity contribution in [3.8, 4) is 90.8 Å². The first-order valence-electron chi connectivity index (χ1n) is 41.2. The average molecular weight is 1560 g/mol. The summed E-state index contributed by atoms with van der Waals surface area (Å²) in [5.74, 6) is 3.59. The highest BCUT2D eigenvalue weighted by molar-refractivity contribution is 6.25. The zero-order valence-corrected chi connectivity index (χ0v) is 65.5. The topological polar surface area (TPSA) is 113 Å². The lowest BCUT2D eigenvalue weighted by atomic mass is 10.00. The average Bonchev–Trinajstić information content (AvgIpc) is 1.55. The Morgan fingerprint density at radius 3 is 1.12 bits per heavy atom. The molecule has 122 heavy (non-hydrogen) atoms. The van der Waals surface area contributed by atoms with E-state index in [0.29, 0.717) is 34.9 Å². The zero-order chi connectivity index (χ0) is 80.0. The van der Waals surface area contributed by atoms with Crippen molar-refractivity contribution in [1.82, 2.24) is 39.0 Å². The van der Waals surface area contributed by atoms with Crippen LogP contribution >= 0.6 is 0 Å². The molecule has 26 aromatic rings. The van der Waals surface area contributed by atoms with E-state index in [4.69, 9.17) is 38.7 Å². The molecule has 26 rings (SSSR count). The smallest absolute Gasteiger partial charge is 0.164 e. The van der Waals surface area contributed by atoms with Gasteiger partial charge in [-0.3, -0.25) is 0 Å².